The highest BCUT2D eigenvalue weighted by atomic mass is 35.5. The van der Waals surface area contributed by atoms with Gasteiger partial charge in [-0.15, -0.1) is 12.6 Å². The van der Waals surface area contributed by atoms with E-state index in [1.807, 2.05) is 6.92 Å². The first-order valence-electron chi connectivity index (χ1n) is 5.03. The van der Waals surface area contributed by atoms with Crippen molar-refractivity contribution in [2.45, 2.75) is 24.7 Å². The summed E-state index contributed by atoms with van der Waals surface area (Å²) in [4.78, 5) is 11.4. The second kappa shape index (κ2) is 5.42. The topological polar surface area (TPSA) is 51.2 Å². The van der Waals surface area contributed by atoms with Gasteiger partial charge in [0.1, 0.15) is 0 Å². The van der Waals surface area contributed by atoms with Gasteiger partial charge < -0.3 is 0 Å². The molecule has 0 aliphatic carbocycles. The molecule has 0 aliphatic heterocycles. The summed E-state index contributed by atoms with van der Waals surface area (Å²) in [6, 6.07) is 2.81. The molecule has 0 bridgehead atoms. The molecule has 0 amide bonds. The van der Waals surface area contributed by atoms with E-state index in [4.69, 9.17) is 11.6 Å². The SMILES string of the molecule is CCCc1c(S(C)(=O)=O)ccc(C(=O)S)c1Cl. The summed E-state index contributed by atoms with van der Waals surface area (Å²) in [6.07, 6.45) is 2.38. The number of sulfone groups is 1. The third-order valence-electron chi connectivity index (χ3n) is 2.33. The van der Waals surface area contributed by atoms with E-state index < -0.39 is 15.0 Å². The second-order valence-electron chi connectivity index (χ2n) is 3.73. The van der Waals surface area contributed by atoms with E-state index in [2.05, 4.69) is 12.6 Å². The van der Waals surface area contributed by atoms with Crippen LogP contribution in [0.3, 0.4) is 0 Å². The van der Waals surface area contributed by atoms with Gasteiger partial charge in [0.2, 0.25) is 5.12 Å². The molecule has 1 rings (SSSR count). The van der Waals surface area contributed by atoms with Crippen molar-refractivity contribution in [3.05, 3.63) is 28.3 Å². The van der Waals surface area contributed by atoms with Crippen molar-refractivity contribution in [1.82, 2.24) is 0 Å². The van der Waals surface area contributed by atoms with Crippen LogP contribution >= 0.6 is 24.2 Å². The minimum Gasteiger partial charge on any atom is -0.282 e. The molecule has 0 atom stereocenters. The highest BCUT2D eigenvalue weighted by molar-refractivity contribution is 7.97. The van der Waals surface area contributed by atoms with Gasteiger partial charge in [-0.3, -0.25) is 4.79 Å². The predicted molar refractivity (Wildman–Crippen MR) is 71.9 cm³/mol. The smallest absolute Gasteiger partial charge is 0.217 e. The molecule has 0 N–H and O–H groups in total. The number of hydrogen-bond donors (Lipinski definition) is 1. The molecule has 0 aromatic heterocycles. The maximum Gasteiger partial charge on any atom is 0.217 e. The zero-order valence-corrected chi connectivity index (χ0v) is 12.0. The fourth-order valence-electron chi connectivity index (χ4n) is 1.60. The van der Waals surface area contributed by atoms with Crippen LogP contribution in [0.15, 0.2) is 17.0 Å². The van der Waals surface area contributed by atoms with Crippen molar-refractivity contribution in [2.75, 3.05) is 6.26 Å². The van der Waals surface area contributed by atoms with Crippen molar-refractivity contribution in [3.63, 3.8) is 0 Å². The fraction of sp³-hybridized carbons (Fsp3) is 0.364. The van der Waals surface area contributed by atoms with Crippen LogP contribution in [0.1, 0.15) is 29.3 Å². The number of benzene rings is 1. The van der Waals surface area contributed by atoms with E-state index >= 15 is 0 Å². The van der Waals surface area contributed by atoms with Gasteiger partial charge in [-0.05, 0) is 24.1 Å². The monoisotopic (exact) mass is 292 g/mol. The van der Waals surface area contributed by atoms with Gasteiger partial charge in [-0.2, -0.15) is 0 Å². The number of rotatable bonds is 4. The molecule has 94 valence electrons. The summed E-state index contributed by atoms with van der Waals surface area (Å²) in [5.74, 6) is 0. The lowest BCUT2D eigenvalue weighted by atomic mass is 10.1. The normalized spacial score (nSPS) is 11.5. The number of thiol groups is 1. The first kappa shape index (κ1) is 14.5. The third-order valence-corrected chi connectivity index (χ3v) is 4.18. The van der Waals surface area contributed by atoms with Crippen molar-refractivity contribution in [2.24, 2.45) is 0 Å². The summed E-state index contributed by atoms with van der Waals surface area (Å²) >= 11 is 9.77. The summed E-state index contributed by atoms with van der Waals surface area (Å²) in [5, 5.41) is -0.276. The molecule has 0 saturated carbocycles. The number of halogens is 1. The molecule has 0 radical (unpaired) electrons. The van der Waals surface area contributed by atoms with E-state index in [-0.39, 0.29) is 15.5 Å². The van der Waals surface area contributed by atoms with Crippen molar-refractivity contribution in [3.8, 4) is 0 Å². The number of carbonyl (C=O) groups excluding carboxylic acids is 1. The summed E-state index contributed by atoms with van der Waals surface area (Å²) < 4.78 is 23.2. The number of hydrogen-bond acceptors (Lipinski definition) is 3. The molecule has 0 fully saturated rings. The first-order valence-corrected chi connectivity index (χ1v) is 7.75. The van der Waals surface area contributed by atoms with Gasteiger partial charge >= 0.3 is 0 Å². The van der Waals surface area contributed by atoms with Crippen LogP contribution in [-0.2, 0) is 16.3 Å². The lowest BCUT2D eigenvalue weighted by Gasteiger charge is -2.11. The molecule has 0 saturated heterocycles. The van der Waals surface area contributed by atoms with Crippen LogP contribution in [0.25, 0.3) is 0 Å². The average Bonchev–Trinajstić information content (AvgIpc) is 2.18. The van der Waals surface area contributed by atoms with Gasteiger partial charge in [0.15, 0.2) is 9.84 Å². The first-order chi connectivity index (χ1) is 7.79. The van der Waals surface area contributed by atoms with Crippen LogP contribution in [0, 0.1) is 0 Å². The Hall–Kier alpha value is -0.520. The van der Waals surface area contributed by atoms with E-state index in [9.17, 15) is 13.2 Å². The lowest BCUT2D eigenvalue weighted by Crippen LogP contribution is -2.06. The molecule has 1 aromatic rings. The molecule has 6 heteroatoms. The maximum atomic E-state index is 11.6. The molecule has 0 unspecified atom stereocenters. The van der Waals surface area contributed by atoms with Gasteiger partial charge in [0.05, 0.1) is 9.92 Å². The fourth-order valence-corrected chi connectivity index (χ4v) is 3.22. The Morgan fingerprint density at radius 1 is 1.41 bits per heavy atom. The number of carbonyl (C=O) groups is 1. The molecule has 17 heavy (non-hydrogen) atoms. The quantitative estimate of drug-likeness (QED) is 0.868. The minimum atomic E-state index is -3.34. The molecular weight excluding hydrogens is 280 g/mol. The van der Waals surface area contributed by atoms with Crippen molar-refractivity contribution < 1.29 is 13.2 Å². The lowest BCUT2D eigenvalue weighted by molar-refractivity contribution is 0.109. The standard InChI is InChI=1S/C11H13ClO3S2/c1-3-4-7-9(17(2,14)15)6-5-8(10(7)12)11(13)16/h5-6H,3-4H2,1-2H3,(H,13,16). The zero-order chi connectivity index (χ0) is 13.2. The zero-order valence-electron chi connectivity index (χ0n) is 9.53. The minimum absolute atomic E-state index is 0.183. The van der Waals surface area contributed by atoms with E-state index in [1.165, 1.54) is 12.1 Å². The Morgan fingerprint density at radius 3 is 2.41 bits per heavy atom. The molecule has 0 heterocycles. The molecule has 3 nitrogen and oxygen atoms in total. The Morgan fingerprint density at radius 2 is 2.00 bits per heavy atom. The summed E-state index contributed by atoms with van der Waals surface area (Å²) in [7, 11) is -3.34. The van der Waals surface area contributed by atoms with E-state index in [1.54, 1.807) is 0 Å². The molecule has 0 spiro atoms. The van der Waals surface area contributed by atoms with Crippen LogP contribution in [0.5, 0.6) is 0 Å². The van der Waals surface area contributed by atoms with Crippen LogP contribution in [0.2, 0.25) is 5.02 Å². The van der Waals surface area contributed by atoms with Gasteiger partial charge in [-0.1, -0.05) is 24.9 Å². The van der Waals surface area contributed by atoms with E-state index in [0.717, 1.165) is 12.7 Å². The van der Waals surface area contributed by atoms with Crippen molar-refractivity contribution >= 4 is 39.2 Å². The Bertz CT molecular complexity index is 550. The van der Waals surface area contributed by atoms with Gasteiger partial charge in [0.25, 0.3) is 0 Å². The van der Waals surface area contributed by atoms with Crippen molar-refractivity contribution in [1.29, 1.82) is 0 Å². The van der Waals surface area contributed by atoms with Crippen LogP contribution in [-0.4, -0.2) is 19.8 Å². The van der Waals surface area contributed by atoms with Gasteiger partial charge in [0, 0.05) is 11.8 Å². The average molecular weight is 293 g/mol. The Balaban J connectivity index is 3.56. The Kier molecular flexibility index (Phi) is 4.63. The predicted octanol–water partition coefficient (Wildman–Crippen LogP) is 2.77. The summed E-state index contributed by atoms with van der Waals surface area (Å²) in [6.45, 7) is 1.91. The van der Waals surface area contributed by atoms with Gasteiger partial charge in [-0.25, -0.2) is 8.42 Å². The Labute approximate surface area is 112 Å². The second-order valence-corrected chi connectivity index (χ2v) is 6.50. The molecule has 1 aromatic carbocycles. The highest BCUT2D eigenvalue weighted by Crippen LogP contribution is 2.29. The largest absolute Gasteiger partial charge is 0.282 e. The van der Waals surface area contributed by atoms with Crippen LogP contribution in [0.4, 0.5) is 0 Å². The maximum absolute atomic E-state index is 11.6. The molecular formula is C11H13ClO3S2. The van der Waals surface area contributed by atoms with Crippen LogP contribution < -0.4 is 0 Å². The van der Waals surface area contributed by atoms with E-state index in [0.29, 0.717) is 12.0 Å². The third kappa shape index (κ3) is 3.24. The molecule has 0 aliphatic rings. The highest BCUT2D eigenvalue weighted by Gasteiger charge is 2.19. The summed E-state index contributed by atoms with van der Waals surface area (Å²) in [5.41, 5.74) is 0.738.